The quantitative estimate of drug-likeness (QED) is 0.446. The molecule has 0 spiro atoms. The zero-order valence-electron chi connectivity index (χ0n) is 17.1. The number of unbranched alkanes of at least 4 members (excludes halogenated alkanes) is 1. The van der Waals surface area contributed by atoms with Crippen LogP contribution in [0.15, 0.2) is 28.7 Å². The molecular formula is C22H35BrN2O2. The van der Waals surface area contributed by atoms with Crippen molar-refractivity contribution in [3.8, 4) is 5.75 Å². The average Bonchev–Trinajstić information content (AvgIpc) is 2.67. The monoisotopic (exact) mass is 438 g/mol. The molecule has 152 valence electrons. The minimum Gasteiger partial charge on any atom is -0.410 e. The molecule has 2 rings (SSSR count). The van der Waals surface area contributed by atoms with Gasteiger partial charge in [0.2, 0.25) is 0 Å². The maximum absolute atomic E-state index is 12.4. The highest BCUT2D eigenvalue weighted by atomic mass is 79.9. The molecule has 0 N–H and O–H groups in total. The van der Waals surface area contributed by atoms with Gasteiger partial charge in [-0.05, 0) is 88.8 Å². The van der Waals surface area contributed by atoms with Crippen LogP contribution in [0.1, 0.15) is 58.3 Å². The summed E-state index contributed by atoms with van der Waals surface area (Å²) >= 11 is 3.39. The van der Waals surface area contributed by atoms with Crippen molar-refractivity contribution in [2.24, 2.45) is 5.92 Å². The maximum atomic E-state index is 12.4. The van der Waals surface area contributed by atoms with Crippen LogP contribution in [-0.4, -0.2) is 49.1 Å². The first-order chi connectivity index (χ1) is 13.0. The van der Waals surface area contributed by atoms with Crippen LogP contribution in [0, 0.1) is 5.92 Å². The Hall–Kier alpha value is -1.07. The number of hydrogen-bond acceptors (Lipinski definition) is 3. The average molecular weight is 439 g/mol. The standard InChI is InChI=1S/C22H35BrN2O2/c1-4-16-24(2)17-6-5-7-18-8-12-20(13-9-18)25(3)22(26)27-21-14-10-19(23)11-15-21/h10-11,14-15,18,20H,4-9,12-13,16-17H2,1-3H3. The fourth-order valence-electron chi connectivity index (χ4n) is 3.95. The number of hydrogen-bond donors (Lipinski definition) is 0. The van der Waals surface area contributed by atoms with Crippen molar-refractivity contribution in [1.82, 2.24) is 9.80 Å². The van der Waals surface area contributed by atoms with E-state index in [0.29, 0.717) is 11.8 Å². The molecule has 0 aliphatic heterocycles. The Bertz CT molecular complexity index is 556. The second kappa shape index (κ2) is 11.7. The lowest BCUT2D eigenvalue weighted by molar-refractivity contribution is 0.123. The van der Waals surface area contributed by atoms with E-state index in [2.05, 4.69) is 34.8 Å². The lowest BCUT2D eigenvalue weighted by atomic mass is 9.82. The van der Waals surface area contributed by atoms with Crippen molar-refractivity contribution in [3.05, 3.63) is 28.7 Å². The van der Waals surface area contributed by atoms with Gasteiger partial charge >= 0.3 is 6.09 Å². The number of carbonyl (C=O) groups is 1. The molecule has 1 fully saturated rings. The van der Waals surface area contributed by atoms with Crippen molar-refractivity contribution in [1.29, 1.82) is 0 Å². The SMILES string of the molecule is CCCN(C)CCCCC1CCC(N(C)C(=O)Oc2ccc(Br)cc2)CC1. The van der Waals surface area contributed by atoms with E-state index in [4.69, 9.17) is 4.74 Å². The van der Waals surface area contributed by atoms with Crippen molar-refractivity contribution in [2.75, 3.05) is 27.2 Å². The van der Waals surface area contributed by atoms with Crippen molar-refractivity contribution >= 4 is 22.0 Å². The summed E-state index contributed by atoms with van der Waals surface area (Å²) in [4.78, 5) is 16.6. The van der Waals surface area contributed by atoms with Gasteiger partial charge in [-0.2, -0.15) is 0 Å². The first kappa shape index (κ1) is 22.2. The number of amides is 1. The van der Waals surface area contributed by atoms with Gasteiger partial charge in [-0.3, -0.25) is 0 Å². The predicted molar refractivity (Wildman–Crippen MR) is 115 cm³/mol. The largest absolute Gasteiger partial charge is 0.415 e. The molecule has 1 amide bonds. The van der Waals surface area contributed by atoms with Crippen molar-refractivity contribution in [3.63, 3.8) is 0 Å². The van der Waals surface area contributed by atoms with Gasteiger partial charge in [0.1, 0.15) is 5.75 Å². The molecule has 27 heavy (non-hydrogen) atoms. The third kappa shape index (κ3) is 7.82. The highest BCUT2D eigenvalue weighted by Gasteiger charge is 2.27. The molecule has 5 heteroatoms. The van der Waals surface area contributed by atoms with Gasteiger partial charge in [-0.1, -0.05) is 35.7 Å². The first-order valence-electron chi connectivity index (χ1n) is 10.4. The van der Waals surface area contributed by atoms with E-state index < -0.39 is 0 Å². The van der Waals surface area contributed by atoms with Gasteiger partial charge in [0, 0.05) is 17.6 Å². The minimum absolute atomic E-state index is 0.250. The summed E-state index contributed by atoms with van der Waals surface area (Å²) in [5.74, 6) is 1.42. The molecule has 0 atom stereocenters. The fourth-order valence-corrected chi connectivity index (χ4v) is 4.22. The Morgan fingerprint density at radius 1 is 1.07 bits per heavy atom. The van der Waals surface area contributed by atoms with E-state index in [1.165, 1.54) is 51.6 Å². The van der Waals surface area contributed by atoms with E-state index >= 15 is 0 Å². The van der Waals surface area contributed by atoms with E-state index in [1.807, 2.05) is 31.3 Å². The van der Waals surface area contributed by atoms with E-state index in [9.17, 15) is 4.79 Å². The fraction of sp³-hybridized carbons (Fsp3) is 0.682. The summed E-state index contributed by atoms with van der Waals surface area (Å²) in [5, 5.41) is 0. The normalized spacial score (nSPS) is 19.9. The molecule has 0 aromatic heterocycles. The number of nitrogens with zero attached hydrogens (tertiary/aromatic N) is 2. The van der Waals surface area contributed by atoms with E-state index in [0.717, 1.165) is 23.2 Å². The molecule has 0 heterocycles. The lowest BCUT2D eigenvalue weighted by Gasteiger charge is -2.34. The first-order valence-corrected chi connectivity index (χ1v) is 11.2. The third-order valence-electron chi connectivity index (χ3n) is 5.68. The summed E-state index contributed by atoms with van der Waals surface area (Å²) in [6, 6.07) is 7.69. The highest BCUT2D eigenvalue weighted by molar-refractivity contribution is 9.10. The molecule has 0 saturated heterocycles. The maximum Gasteiger partial charge on any atom is 0.415 e. The van der Waals surface area contributed by atoms with Crippen LogP contribution in [0.2, 0.25) is 0 Å². The molecule has 1 aromatic rings. The number of rotatable bonds is 9. The van der Waals surface area contributed by atoms with Gasteiger partial charge in [-0.25, -0.2) is 4.79 Å². The molecular weight excluding hydrogens is 404 g/mol. The van der Waals surface area contributed by atoms with Crippen LogP contribution >= 0.6 is 15.9 Å². The second-order valence-electron chi connectivity index (χ2n) is 7.91. The van der Waals surface area contributed by atoms with Gasteiger partial charge in [-0.15, -0.1) is 0 Å². The Morgan fingerprint density at radius 2 is 1.74 bits per heavy atom. The molecule has 1 aliphatic rings. The number of ether oxygens (including phenoxy) is 1. The third-order valence-corrected chi connectivity index (χ3v) is 6.21. The highest BCUT2D eigenvalue weighted by Crippen LogP contribution is 2.31. The van der Waals surface area contributed by atoms with Crippen LogP contribution in [0.3, 0.4) is 0 Å². The van der Waals surface area contributed by atoms with Gasteiger partial charge in [0.05, 0.1) is 0 Å². The van der Waals surface area contributed by atoms with Crippen LogP contribution in [0.4, 0.5) is 4.79 Å². The molecule has 1 saturated carbocycles. The Balaban J connectivity index is 1.65. The molecule has 4 nitrogen and oxygen atoms in total. The Kier molecular flexibility index (Phi) is 9.63. The zero-order chi connectivity index (χ0) is 19.6. The summed E-state index contributed by atoms with van der Waals surface area (Å²) < 4.78 is 6.47. The molecule has 0 unspecified atom stereocenters. The topological polar surface area (TPSA) is 32.8 Å². The summed E-state index contributed by atoms with van der Waals surface area (Å²) in [7, 11) is 4.09. The van der Waals surface area contributed by atoms with E-state index in [-0.39, 0.29) is 6.09 Å². The lowest BCUT2D eigenvalue weighted by Crippen LogP contribution is -2.41. The van der Waals surface area contributed by atoms with Crippen molar-refractivity contribution < 1.29 is 9.53 Å². The van der Waals surface area contributed by atoms with Crippen molar-refractivity contribution in [2.45, 2.75) is 64.3 Å². The van der Waals surface area contributed by atoms with Gasteiger partial charge in [0.15, 0.2) is 0 Å². The van der Waals surface area contributed by atoms with Gasteiger partial charge in [0.25, 0.3) is 0 Å². The molecule has 1 aromatic carbocycles. The van der Waals surface area contributed by atoms with Crippen LogP contribution in [-0.2, 0) is 0 Å². The number of benzene rings is 1. The molecule has 0 bridgehead atoms. The van der Waals surface area contributed by atoms with Crippen LogP contribution < -0.4 is 4.74 Å². The molecule has 0 radical (unpaired) electrons. The Labute approximate surface area is 173 Å². The summed E-state index contributed by atoms with van der Waals surface area (Å²) in [5.41, 5.74) is 0. The van der Waals surface area contributed by atoms with Crippen LogP contribution in [0.5, 0.6) is 5.75 Å². The number of halogens is 1. The Morgan fingerprint density at radius 3 is 2.37 bits per heavy atom. The summed E-state index contributed by atoms with van der Waals surface area (Å²) in [6.07, 6.45) is 9.58. The van der Waals surface area contributed by atoms with E-state index in [1.54, 1.807) is 4.90 Å². The van der Waals surface area contributed by atoms with Crippen LogP contribution in [0.25, 0.3) is 0 Å². The van der Waals surface area contributed by atoms with Gasteiger partial charge < -0.3 is 14.5 Å². The predicted octanol–water partition coefficient (Wildman–Crippen LogP) is 5.95. The second-order valence-corrected chi connectivity index (χ2v) is 8.82. The minimum atomic E-state index is -0.250. The smallest absolute Gasteiger partial charge is 0.410 e. The number of carbonyl (C=O) groups excluding carboxylic acids is 1. The summed E-state index contributed by atoms with van der Waals surface area (Å²) in [6.45, 7) is 4.66. The zero-order valence-corrected chi connectivity index (χ0v) is 18.7. The molecule has 1 aliphatic carbocycles.